The summed E-state index contributed by atoms with van der Waals surface area (Å²) in [6.07, 6.45) is 8.44. The van der Waals surface area contributed by atoms with Crippen LogP contribution < -0.4 is 0 Å². The first-order chi connectivity index (χ1) is 9.65. The van der Waals surface area contributed by atoms with E-state index in [9.17, 15) is 9.59 Å². The maximum atomic E-state index is 12.2. The Labute approximate surface area is 120 Å². The number of amides is 1. The Hall–Kier alpha value is -1.10. The molecule has 0 bridgehead atoms. The first kappa shape index (κ1) is 15.3. The average Bonchev–Trinajstić information content (AvgIpc) is 2.46. The first-order valence-electron chi connectivity index (χ1n) is 7.76. The third-order valence-electron chi connectivity index (χ3n) is 4.43. The zero-order valence-corrected chi connectivity index (χ0v) is 12.1. The number of carboxylic acid groups (broad SMARTS) is 1. The van der Waals surface area contributed by atoms with Crippen molar-refractivity contribution in [1.29, 1.82) is 0 Å². The van der Waals surface area contributed by atoms with Crippen molar-refractivity contribution in [3.8, 4) is 0 Å². The monoisotopic (exact) mass is 283 g/mol. The van der Waals surface area contributed by atoms with Gasteiger partial charge in [-0.25, -0.2) is 4.79 Å². The number of rotatable bonds is 5. The number of hydrogen-bond acceptors (Lipinski definition) is 3. The third kappa shape index (κ3) is 4.78. The van der Waals surface area contributed by atoms with E-state index in [1.807, 2.05) is 4.90 Å². The van der Waals surface area contributed by atoms with Gasteiger partial charge in [0.05, 0.1) is 6.10 Å². The molecule has 0 spiro atoms. The lowest BCUT2D eigenvalue weighted by Gasteiger charge is -2.33. The zero-order valence-electron chi connectivity index (χ0n) is 12.1. The molecule has 0 unspecified atom stereocenters. The highest BCUT2D eigenvalue weighted by atomic mass is 16.5. The fraction of sp³-hybridized carbons (Fsp3) is 0.867. The molecule has 1 N–H and O–H groups in total. The molecular formula is C15H25NO4. The van der Waals surface area contributed by atoms with Gasteiger partial charge in [0, 0.05) is 19.5 Å². The van der Waals surface area contributed by atoms with Gasteiger partial charge in [-0.3, -0.25) is 4.79 Å². The standard InChI is InChI=1S/C15H25NO4/c17-14(10-12-4-2-1-3-5-12)16-8-6-13(7-9-16)20-11-15(18)19/h12-13H,1-11H2,(H,18,19). The average molecular weight is 283 g/mol. The molecule has 2 fully saturated rings. The van der Waals surface area contributed by atoms with Crippen LogP contribution in [0.1, 0.15) is 51.4 Å². The van der Waals surface area contributed by atoms with Gasteiger partial charge in [-0.15, -0.1) is 0 Å². The molecule has 0 atom stereocenters. The van der Waals surface area contributed by atoms with Crippen LogP contribution in [-0.2, 0) is 14.3 Å². The number of piperidine rings is 1. The van der Waals surface area contributed by atoms with Crippen LogP contribution in [0.15, 0.2) is 0 Å². The second kappa shape index (κ2) is 7.62. The molecule has 1 aliphatic heterocycles. The second-order valence-corrected chi connectivity index (χ2v) is 5.99. The number of carbonyl (C=O) groups is 2. The van der Waals surface area contributed by atoms with Crippen LogP contribution in [0.5, 0.6) is 0 Å². The lowest BCUT2D eigenvalue weighted by molar-refractivity contribution is -0.147. The van der Waals surface area contributed by atoms with Gasteiger partial charge in [0.1, 0.15) is 6.61 Å². The quantitative estimate of drug-likeness (QED) is 0.838. The summed E-state index contributed by atoms with van der Waals surface area (Å²) in [7, 11) is 0. The Balaban J connectivity index is 1.67. The topological polar surface area (TPSA) is 66.8 Å². The predicted molar refractivity (Wildman–Crippen MR) is 74.4 cm³/mol. The molecule has 1 aliphatic carbocycles. The van der Waals surface area contributed by atoms with Gasteiger partial charge in [0.2, 0.25) is 5.91 Å². The Kier molecular flexibility index (Phi) is 5.83. The summed E-state index contributed by atoms with van der Waals surface area (Å²) in [5.41, 5.74) is 0. The molecule has 2 rings (SSSR count). The summed E-state index contributed by atoms with van der Waals surface area (Å²) in [5.74, 6) is -0.0772. The normalized spacial score (nSPS) is 21.9. The van der Waals surface area contributed by atoms with Crippen LogP contribution in [0.3, 0.4) is 0 Å². The maximum Gasteiger partial charge on any atom is 0.329 e. The zero-order chi connectivity index (χ0) is 14.4. The van der Waals surface area contributed by atoms with Gasteiger partial charge in [-0.2, -0.15) is 0 Å². The lowest BCUT2D eigenvalue weighted by Crippen LogP contribution is -2.41. The van der Waals surface area contributed by atoms with E-state index in [-0.39, 0.29) is 18.6 Å². The van der Waals surface area contributed by atoms with Gasteiger partial charge in [-0.05, 0) is 31.6 Å². The fourth-order valence-electron chi connectivity index (χ4n) is 3.23. The molecule has 0 radical (unpaired) electrons. The predicted octanol–water partition coefficient (Wildman–Crippen LogP) is 2.05. The summed E-state index contributed by atoms with van der Waals surface area (Å²) in [4.78, 5) is 24.6. The second-order valence-electron chi connectivity index (χ2n) is 5.99. The first-order valence-corrected chi connectivity index (χ1v) is 7.76. The van der Waals surface area contributed by atoms with E-state index in [4.69, 9.17) is 9.84 Å². The maximum absolute atomic E-state index is 12.2. The van der Waals surface area contributed by atoms with E-state index < -0.39 is 5.97 Å². The summed E-state index contributed by atoms with van der Waals surface area (Å²) in [6, 6.07) is 0. The Morgan fingerprint density at radius 2 is 1.70 bits per heavy atom. The molecule has 2 aliphatic rings. The minimum absolute atomic E-state index is 0.00942. The summed E-state index contributed by atoms with van der Waals surface area (Å²) >= 11 is 0. The Morgan fingerprint density at radius 3 is 2.30 bits per heavy atom. The van der Waals surface area contributed by atoms with Gasteiger partial charge < -0.3 is 14.7 Å². The molecule has 1 saturated heterocycles. The Bertz CT molecular complexity index is 331. The molecule has 1 amide bonds. The highest BCUT2D eigenvalue weighted by Crippen LogP contribution is 2.27. The van der Waals surface area contributed by atoms with E-state index in [1.54, 1.807) is 0 Å². The third-order valence-corrected chi connectivity index (χ3v) is 4.43. The van der Waals surface area contributed by atoms with Crippen LogP contribution in [0.4, 0.5) is 0 Å². The van der Waals surface area contributed by atoms with Crippen molar-refractivity contribution < 1.29 is 19.4 Å². The Morgan fingerprint density at radius 1 is 1.05 bits per heavy atom. The molecule has 0 aromatic carbocycles. The number of ether oxygens (including phenoxy) is 1. The largest absolute Gasteiger partial charge is 0.480 e. The molecule has 5 heteroatoms. The molecule has 114 valence electrons. The number of nitrogens with zero attached hydrogens (tertiary/aromatic N) is 1. The summed E-state index contributed by atoms with van der Waals surface area (Å²) in [6.45, 7) is 1.17. The van der Waals surface area contributed by atoms with Crippen molar-refractivity contribution in [3.05, 3.63) is 0 Å². The molecule has 5 nitrogen and oxygen atoms in total. The number of hydrogen-bond donors (Lipinski definition) is 1. The van der Waals surface area contributed by atoms with Crippen molar-refractivity contribution in [3.63, 3.8) is 0 Å². The molecule has 1 heterocycles. The van der Waals surface area contributed by atoms with Crippen molar-refractivity contribution in [2.24, 2.45) is 5.92 Å². The lowest BCUT2D eigenvalue weighted by atomic mass is 9.86. The molecule has 0 aromatic heterocycles. The highest BCUT2D eigenvalue weighted by molar-refractivity contribution is 5.76. The van der Waals surface area contributed by atoms with Crippen molar-refractivity contribution in [2.45, 2.75) is 57.5 Å². The molecule has 0 aromatic rings. The van der Waals surface area contributed by atoms with Crippen LogP contribution in [0.2, 0.25) is 0 Å². The number of carbonyl (C=O) groups excluding carboxylic acids is 1. The van der Waals surface area contributed by atoms with Gasteiger partial charge in [-0.1, -0.05) is 19.3 Å². The van der Waals surface area contributed by atoms with E-state index in [1.165, 1.54) is 32.1 Å². The molecule has 20 heavy (non-hydrogen) atoms. The minimum atomic E-state index is -0.930. The van der Waals surface area contributed by atoms with E-state index >= 15 is 0 Å². The fourth-order valence-corrected chi connectivity index (χ4v) is 3.23. The van der Waals surface area contributed by atoms with Crippen molar-refractivity contribution in [2.75, 3.05) is 19.7 Å². The summed E-state index contributed by atoms with van der Waals surface area (Å²) < 4.78 is 5.28. The van der Waals surface area contributed by atoms with Crippen LogP contribution in [0.25, 0.3) is 0 Å². The van der Waals surface area contributed by atoms with Gasteiger partial charge >= 0.3 is 5.97 Å². The molecular weight excluding hydrogens is 258 g/mol. The van der Waals surface area contributed by atoms with E-state index in [0.29, 0.717) is 25.4 Å². The van der Waals surface area contributed by atoms with Crippen LogP contribution in [0, 0.1) is 5.92 Å². The van der Waals surface area contributed by atoms with Crippen molar-refractivity contribution >= 4 is 11.9 Å². The highest BCUT2D eigenvalue weighted by Gasteiger charge is 2.26. The minimum Gasteiger partial charge on any atom is -0.480 e. The SMILES string of the molecule is O=C(O)COC1CCN(C(=O)CC2CCCCC2)CC1. The van der Waals surface area contributed by atoms with Crippen LogP contribution >= 0.6 is 0 Å². The smallest absolute Gasteiger partial charge is 0.329 e. The van der Waals surface area contributed by atoms with Gasteiger partial charge in [0.15, 0.2) is 0 Å². The number of likely N-dealkylation sites (tertiary alicyclic amines) is 1. The van der Waals surface area contributed by atoms with E-state index in [0.717, 1.165) is 12.8 Å². The number of carboxylic acids is 1. The summed E-state index contributed by atoms with van der Waals surface area (Å²) in [5, 5.41) is 8.58. The van der Waals surface area contributed by atoms with E-state index in [2.05, 4.69) is 0 Å². The number of aliphatic carboxylic acids is 1. The molecule has 1 saturated carbocycles. The van der Waals surface area contributed by atoms with Crippen molar-refractivity contribution in [1.82, 2.24) is 4.90 Å². The van der Waals surface area contributed by atoms with Crippen LogP contribution in [-0.4, -0.2) is 47.7 Å². The van der Waals surface area contributed by atoms with Gasteiger partial charge in [0.25, 0.3) is 0 Å².